The third kappa shape index (κ3) is 2.07. The topological polar surface area (TPSA) is 37.8 Å². The van der Waals surface area contributed by atoms with Crippen LogP contribution in [0.1, 0.15) is 19.7 Å². The Hall–Kier alpha value is -0.610. The van der Waals surface area contributed by atoms with Crippen LogP contribution < -0.4 is 5.32 Å². The molecule has 1 fully saturated rings. The summed E-state index contributed by atoms with van der Waals surface area (Å²) in [6.07, 6.45) is 3.56. The number of thioether (sulfide) groups is 1. The highest BCUT2D eigenvalue weighted by molar-refractivity contribution is 8.02. The molecule has 0 spiro atoms. The van der Waals surface area contributed by atoms with Crippen molar-refractivity contribution in [2.45, 2.75) is 31.2 Å². The molecule has 0 saturated carbocycles. The fourth-order valence-electron chi connectivity index (χ4n) is 1.44. The zero-order valence-corrected chi connectivity index (χ0v) is 9.34. The van der Waals surface area contributed by atoms with Gasteiger partial charge in [-0.1, -0.05) is 0 Å². The Morgan fingerprint density at radius 3 is 2.71 bits per heavy atom. The van der Waals surface area contributed by atoms with Crippen molar-refractivity contribution in [2.24, 2.45) is 0 Å². The Kier molecular flexibility index (Phi) is 2.74. The van der Waals surface area contributed by atoms with Gasteiger partial charge >= 0.3 is 0 Å². The normalized spacial score (nSPS) is 24.3. The molecular weight excluding hydrogens is 194 g/mol. The highest BCUT2D eigenvalue weighted by atomic mass is 32.2. The van der Waals surface area contributed by atoms with E-state index in [4.69, 9.17) is 0 Å². The van der Waals surface area contributed by atoms with Crippen molar-refractivity contribution >= 4 is 11.8 Å². The third-order valence-corrected chi connectivity index (χ3v) is 4.12. The quantitative estimate of drug-likeness (QED) is 0.818. The Balaban J connectivity index is 1.84. The van der Waals surface area contributed by atoms with Gasteiger partial charge in [0, 0.05) is 28.9 Å². The van der Waals surface area contributed by atoms with Gasteiger partial charge in [-0.2, -0.15) is 11.8 Å². The van der Waals surface area contributed by atoms with Crippen molar-refractivity contribution in [3.8, 4) is 0 Å². The van der Waals surface area contributed by atoms with Crippen LogP contribution in [-0.4, -0.2) is 26.5 Å². The molecule has 1 aromatic heterocycles. The second-order valence-electron chi connectivity index (χ2n) is 4.01. The lowest BCUT2D eigenvalue weighted by molar-refractivity contribution is 0.430. The first-order valence-corrected chi connectivity index (χ1v) is 5.80. The van der Waals surface area contributed by atoms with E-state index in [-0.39, 0.29) is 0 Å². The van der Waals surface area contributed by atoms with Crippen LogP contribution in [-0.2, 0) is 6.54 Å². The number of rotatable bonds is 3. The molecule has 1 atom stereocenters. The van der Waals surface area contributed by atoms with Crippen molar-refractivity contribution in [1.82, 2.24) is 15.3 Å². The van der Waals surface area contributed by atoms with E-state index in [1.54, 1.807) is 12.4 Å². The van der Waals surface area contributed by atoms with E-state index in [0.29, 0.717) is 10.8 Å². The van der Waals surface area contributed by atoms with Crippen molar-refractivity contribution in [2.75, 3.05) is 5.75 Å². The monoisotopic (exact) mass is 209 g/mol. The predicted molar refractivity (Wildman–Crippen MR) is 59.2 cm³/mol. The van der Waals surface area contributed by atoms with Crippen LogP contribution in [0.25, 0.3) is 0 Å². The number of hydrogen-bond donors (Lipinski definition) is 1. The summed E-state index contributed by atoms with van der Waals surface area (Å²) in [5.74, 6) is 2.07. The Labute approximate surface area is 88.7 Å². The molecule has 1 saturated heterocycles. The molecule has 1 N–H and O–H groups in total. The minimum absolute atomic E-state index is 0.370. The van der Waals surface area contributed by atoms with Gasteiger partial charge in [-0.15, -0.1) is 0 Å². The summed E-state index contributed by atoms with van der Waals surface area (Å²) in [5, 5.41) is 3.48. The fourth-order valence-corrected chi connectivity index (χ4v) is 2.64. The van der Waals surface area contributed by atoms with Gasteiger partial charge in [0.15, 0.2) is 0 Å². The summed E-state index contributed by atoms with van der Waals surface area (Å²) in [6, 6.07) is 2.43. The molecule has 0 radical (unpaired) electrons. The Morgan fingerprint density at radius 2 is 2.21 bits per heavy atom. The van der Waals surface area contributed by atoms with Crippen molar-refractivity contribution in [3.63, 3.8) is 0 Å². The van der Waals surface area contributed by atoms with Gasteiger partial charge in [-0.3, -0.25) is 0 Å². The van der Waals surface area contributed by atoms with Gasteiger partial charge in [-0.05, 0) is 19.9 Å². The summed E-state index contributed by atoms with van der Waals surface area (Å²) >= 11 is 2.00. The molecule has 0 amide bonds. The standard InChI is InChI=1S/C10H15N3S/c1-10(2)8(7-14-10)13-6-9-11-4-3-5-12-9/h3-5,8,13H,6-7H2,1-2H3. The first-order chi connectivity index (χ1) is 6.68. The summed E-state index contributed by atoms with van der Waals surface area (Å²) in [5.41, 5.74) is 0. The smallest absolute Gasteiger partial charge is 0.141 e. The SMILES string of the molecule is CC1(C)SCC1NCc1ncccn1. The average Bonchev–Trinajstić information content (AvgIpc) is 2.18. The minimum atomic E-state index is 0.370. The lowest BCUT2D eigenvalue weighted by Crippen LogP contribution is -2.54. The van der Waals surface area contributed by atoms with Crippen LogP contribution in [0, 0.1) is 0 Å². The molecule has 0 aromatic carbocycles. The number of nitrogens with one attached hydrogen (secondary N) is 1. The highest BCUT2D eigenvalue weighted by Crippen LogP contribution is 2.39. The van der Waals surface area contributed by atoms with E-state index in [9.17, 15) is 0 Å². The van der Waals surface area contributed by atoms with Crippen molar-refractivity contribution in [3.05, 3.63) is 24.3 Å². The number of hydrogen-bond acceptors (Lipinski definition) is 4. The van der Waals surface area contributed by atoms with Crippen molar-refractivity contribution in [1.29, 1.82) is 0 Å². The maximum atomic E-state index is 4.18. The molecule has 1 unspecified atom stereocenters. The zero-order chi connectivity index (χ0) is 10.0. The molecular formula is C10H15N3S. The second kappa shape index (κ2) is 3.87. The van der Waals surface area contributed by atoms with Crippen LogP contribution in [0.4, 0.5) is 0 Å². The molecule has 76 valence electrons. The molecule has 4 heteroatoms. The molecule has 2 heterocycles. The maximum absolute atomic E-state index is 4.18. The lowest BCUT2D eigenvalue weighted by Gasteiger charge is -2.44. The minimum Gasteiger partial charge on any atom is -0.305 e. The van der Waals surface area contributed by atoms with Gasteiger partial charge in [0.05, 0.1) is 6.54 Å². The second-order valence-corrected chi connectivity index (χ2v) is 5.69. The van der Waals surface area contributed by atoms with Gasteiger partial charge < -0.3 is 5.32 Å². The maximum Gasteiger partial charge on any atom is 0.141 e. The summed E-state index contributed by atoms with van der Waals surface area (Å²) in [6.45, 7) is 5.31. The van der Waals surface area contributed by atoms with E-state index in [0.717, 1.165) is 12.4 Å². The van der Waals surface area contributed by atoms with E-state index in [1.807, 2.05) is 17.8 Å². The van der Waals surface area contributed by atoms with Crippen LogP contribution in [0.2, 0.25) is 0 Å². The largest absolute Gasteiger partial charge is 0.305 e. The Bertz CT molecular complexity index is 299. The lowest BCUT2D eigenvalue weighted by atomic mass is 10.0. The fraction of sp³-hybridized carbons (Fsp3) is 0.600. The van der Waals surface area contributed by atoms with Gasteiger partial charge in [0.1, 0.15) is 5.82 Å². The molecule has 1 aliphatic rings. The first kappa shape index (κ1) is 9.93. The average molecular weight is 209 g/mol. The van der Waals surface area contributed by atoms with E-state index in [2.05, 4.69) is 29.1 Å². The van der Waals surface area contributed by atoms with E-state index in [1.165, 1.54) is 5.75 Å². The van der Waals surface area contributed by atoms with Crippen LogP contribution in [0.15, 0.2) is 18.5 Å². The number of nitrogens with zero attached hydrogens (tertiary/aromatic N) is 2. The molecule has 14 heavy (non-hydrogen) atoms. The molecule has 0 bridgehead atoms. The highest BCUT2D eigenvalue weighted by Gasteiger charge is 2.38. The van der Waals surface area contributed by atoms with Crippen LogP contribution >= 0.6 is 11.8 Å². The van der Waals surface area contributed by atoms with Crippen molar-refractivity contribution < 1.29 is 0 Å². The molecule has 1 aromatic rings. The van der Waals surface area contributed by atoms with Gasteiger partial charge in [0.25, 0.3) is 0 Å². The Morgan fingerprint density at radius 1 is 1.50 bits per heavy atom. The van der Waals surface area contributed by atoms with Gasteiger partial charge in [0.2, 0.25) is 0 Å². The predicted octanol–water partition coefficient (Wildman–Crippen LogP) is 1.46. The van der Waals surface area contributed by atoms with Crippen LogP contribution in [0.3, 0.4) is 0 Å². The summed E-state index contributed by atoms with van der Waals surface area (Å²) in [4.78, 5) is 8.35. The molecule has 2 rings (SSSR count). The summed E-state index contributed by atoms with van der Waals surface area (Å²) in [7, 11) is 0. The van der Waals surface area contributed by atoms with E-state index >= 15 is 0 Å². The first-order valence-electron chi connectivity index (χ1n) is 4.82. The third-order valence-electron chi connectivity index (χ3n) is 2.59. The van der Waals surface area contributed by atoms with E-state index < -0.39 is 0 Å². The van der Waals surface area contributed by atoms with Crippen LogP contribution in [0.5, 0.6) is 0 Å². The molecule has 0 aliphatic carbocycles. The zero-order valence-electron chi connectivity index (χ0n) is 8.53. The molecule has 1 aliphatic heterocycles. The number of aromatic nitrogens is 2. The summed E-state index contributed by atoms with van der Waals surface area (Å²) < 4.78 is 0.370. The van der Waals surface area contributed by atoms with Gasteiger partial charge in [-0.25, -0.2) is 9.97 Å². The molecule has 3 nitrogen and oxygen atoms in total.